The molecule has 3 rings (SSSR count). The van der Waals surface area contributed by atoms with Crippen molar-refractivity contribution < 1.29 is 19.5 Å². The van der Waals surface area contributed by atoms with Gasteiger partial charge in [-0.3, -0.25) is 14.4 Å². The first-order valence-corrected chi connectivity index (χ1v) is 9.33. The number of carboxylic acid groups (broad SMARTS) is 1. The molecular formula is C20H26N2O4. The van der Waals surface area contributed by atoms with E-state index in [4.69, 9.17) is 5.11 Å². The number of amides is 2. The van der Waals surface area contributed by atoms with Crippen molar-refractivity contribution in [3.05, 3.63) is 35.9 Å². The summed E-state index contributed by atoms with van der Waals surface area (Å²) in [5, 5.41) is 12.1. The van der Waals surface area contributed by atoms with Gasteiger partial charge >= 0.3 is 5.97 Å². The Hall–Kier alpha value is -2.37. The van der Waals surface area contributed by atoms with Crippen LogP contribution in [0.5, 0.6) is 0 Å². The zero-order valence-electron chi connectivity index (χ0n) is 15.1. The summed E-state index contributed by atoms with van der Waals surface area (Å²) in [5.41, 5.74) is 1.06. The predicted molar refractivity (Wildman–Crippen MR) is 96.2 cm³/mol. The second kappa shape index (κ2) is 7.89. The van der Waals surface area contributed by atoms with E-state index in [2.05, 4.69) is 5.32 Å². The Bertz CT molecular complexity index is 668. The van der Waals surface area contributed by atoms with Gasteiger partial charge in [-0.05, 0) is 38.2 Å². The molecule has 6 heteroatoms. The molecule has 0 bridgehead atoms. The molecule has 2 amide bonds. The molecule has 1 aliphatic carbocycles. The van der Waals surface area contributed by atoms with Crippen molar-refractivity contribution in [1.29, 1.82) is 0 Å². The summed E-state index contributed by atoms with van der Waals surface area (Å²) in [4.78, 5) is 37.8. The summed E-state index contributed by atoms with van der Waals surface area (Å²) in [6.07, 6.45) is 2.82. The molecular weight excluding hydrogens is 332 g/mol. The fourth-order valence-corrected chi connectivity index (χ4v) is 4.00. The standard InChI is InChI=1S/C20H26N2O4/c1-13(14-5-3-2-4-6-14)22-12-16(11-18(22)23)19(24)21-17-9-7-15(8-10-17)20(25)26/h2-6,13,15-17H,7-12H2,1H3,(H,21,24)(H,25,26). The van der Waals surface area contributed by atoms with Crippen LogP contribution >= 0.6 is 0 Å². The van der Waals surface area contributed by atoms with Gasteiger partial charge in [0.05, 0.1) is 17.9 Å². The van der Waals surface area contributed by atoms with Crippen LogP contribution in [0.2, 0.25) is 0 Å². The number of carbonyl (C=O) groups is 3. The zero-order chi connectivity index (χ0) is 18.7. The van der Waals surface area contributed by atoms with E-state index in [-0.39, 0.29) is 42.2 Å². The molecule has 0 radical (unpaired) electrons. The van der Waals surface area contributed by atoms with Crippen molar-refractivity contribution in [3.8, 4) is 0 Å². The number of likely N-dealkylation sites (tertiary alicyclic amines) is 1. The van der Waals surface area contributed by atoms with Crippen molar-refractivity contribution in [2.45, 2.75) is 51.1 Å². The first-order chi connectivity index (χ1) is 12.5. The highest BCUT2D eigenvalue weighted by Crippen LogP contribution is 2.29. The molecule has 1 saturated carbocycles. The summed E-state index contributed by atoms with van der Waals surface area (Å²) < 4.78 is 0. The molecule has 0 spiro atoms. The zero-order valence-corrected chi connectivity index (χ0v) is 15.1. The van der Waals surface area contributed by atoms with E-state index in [1.54, 1.807) is 4.90 Å². The van der Waals surface area contributed by atoms with E-state index < -0.39 is 5.97 Å². The maximum atomic E-state index is 12.6. The summed E-state index contributed by atoms with van der Waals surface area (Å²) in [6, 6.07) is 9.80. The van der Waals surface area contributed by atoms with Crippen molar-refractivity contribution in [3.63, 3.8) is 0 Å². The highest BCUT2D eigenvalue weighted by atomic mass is 16.4. The SMILES string of the molecule is CC(c1ccccc1)N1CC(C(=O)NC2CCC(C(=O)O)CC2)CC1=O. The fourth-order valence-electron chi connectivity index (χ4n) is 4.00. The molecule has 1 saturated heterocycles. The molecule has 26 heavy (non-hydrogen) atoms. The van der Waals surface area contributed by atoms with Crippen molar-refractivity contribution in [2.24, 2.45) is 11.8 Å². The third kappa shape index (κ3) is 4.06. The topological polar surface area (TPSA) is 86.7 Å². The van der Waals surface area contributed by atoms with Crippen LogP contribution in [0, 0.1) is 11.8 Å². The number of nitrogens with one attached hydrogen (secondary N) is 1. The normalized spacial score (nSPS) is 27.2. The van der Waals surface area contributed by atoms with E-state index in [0.717, 1.165) is 5.56 Å². The highest BCUT2D eigenvalue weighted by Gasteiger charge is 2.38. The van der Waals surface area contributed by atoms with Crippen LogP contribution in [0.25, 0.3) is 0 Å². The Morgan fingerprint density at radius 1 is 1.12 bits per heavy atom. The lowest BCUT2D eigenvalue weighted by molar-refractivity contribution is -0.143. The van der Waals surface area contributed by atoms with Gasteiger partial charge in [0.25, 0.3) is 0 Å². The summed E-state index contributed by atoms with van der Waals surface area (Å²) in [7, 11) is 0. The van der Waals surface area contributed by atoms with Gasteiger partial charge in [-0.15, -0.1) is 0 Å². The molecule has 0 aromatic heterocycles. The van der Waals surface area contributed by atoms with Crippen LogP contribution in [0.4, 0.5) is 0 Å². The van der Waals surface area contributed by atoms with Gasteiger partial charge in [0.1, 0.15) is 0 Å². The fraction of sp³-hybridized carbons (Fsp3) is 0.550. The van der Waals surface area contributed by atoms with E-state index in [1.807, 2.05) is 37.3 Å². The molecule has 2 unspecified atom stereocenters. The Kier molecular flexibility index (Phi) is 5.59. The Balaban J connectivity index is 1.53. The van der Waals surface area contributed by atoms with Crippen molar-refractivity contribution in [2.75, 3.05) is 6.54 Å². The third-order valence-corrected chi connectivity index (χ3v) is 5.70. The minimum absolute atomic E-state index is 0.0103. The van der Waals surface area contributed by atoms with Gasteiger partial charge in [-0.2, -0.15) is 0 Å². The van der Waals surface area contributed by atoms with Gasteiger partial charge in [-0.1, -0.05) is 30.3 Å². The van der Waals surface area contributed by atoms with E-state index in [1.165, 1.54) is 0 Å². The van der Waals surface area contributed by atoms with Crippen LogP contribution in [0.15, 0.2) is 30.3 Å². The van der Waals surface area contributed by atoms with Gasteiger partial charge < -0.3 is 15.3 Å². The number of carbonyl (C=O) groups excluding carboxylic acids is 2. The molecule has 2 fully saturated rings. The maximum absolute atomic E-state index is 12.6. The largest absolute Gasteiger partial charge is 0.481 e. The maximum Gasteiger partial charge on any atom is 0.306 e. The lowest BCUT2D eigenvalue weighted by Gasteiger charge is -2.28. The first-order valence-electron chi connectivity index (χ1n) is 9.33. The Morgan fingerprint density at radius 3 is 2.38 bits per heavy atom. The average Bonchev–Trinajstić information content (AvgIpc) is 3.04. The molecule has 140 valence electrons. The van der Waals surface area contributed by atoms with E-state index in [0.29, 0.717) is 32.2 Å². The number of hydrogen-bond donors (Lipinski definition) is 2. The number of nitrogens with zero attached hydrogens (tertiary/aromatic N) is 1. The van der Waals surface area contributed by atoms with E-state index in [9.17, 15) is 14.4 Å². The molecule has 2 atom stereocenters. The lowest BCUT2D eigenvalue weighted by atomic mass is 9.86. The molecule has 2 N–H and O–H groups in total. The summed E-state index contributed by atoms with van der Waals surface area (Å²) in [5.74, 6) is -1.44. The van der Waals surface area contributed by atoms with Gasteiger partial charge in [0.15, 0.2) is 0 Å². The number of aliphatic carboxylic acids is 1. The second-order valence-electron chi connectivity index (χ2n) is 7.43. The van der Waals surface area contributed by atoms with Crippen LogP contribution in [-0.2, 0) is 14.4 Å². The number of carboxylic acids is 1. The van der Waals surface area contributed by atoms with Gasteiger partial charge in [-0.25, -0.2) is 0 Å². The number of rotatable bonds is 5. The minimum atomic E-state index is -0.748. The van der Waals surface area contributed by atoms with Crippen molar-refractivity contribution >= 4 is 17.8 Å². The number of benzene rings is 1. The minimum Gasteiger partial charge on any atom is -0.481 e. The van der Waals surface area contributed by atoms with Crippen LogP contribution in [-0.4, -0.2) is 40.4 Å². The van der Waals surface area contributed by atoms with Crippen LogP contribution in [0.3, 0.4) is 0 Å². The third-order valence-electron chi connectivity index (χ3n) is 5.70. The lowest BCUT2D eigenvalue weighted by Crippen LogP contribution is -2.42. The molecule has 1 heterocycles. The number of hydrogen-bond acceptors (Lipinski definition) is 3. The molecule has 1 aliphatic heterocycles. The van der Waals surface area contributed by atoms with Gasteiger partial charge in [0.2, 0.25) is 11.8 Å². The first kappa shape index (κ1) is 18.4. The Labute approximate surface area is 153 Å². The molecule has 1 aromatic rings. The van der Waals surface area contributed by atoms with E-state index >= 15 is 0 Å². The van der Waals surface area contributed by atoms with Crippen LogP contribution in [0.1, 0.15) is 50.6 Å². The second-order valence-corrected chi connectivity index (χ2v) is 7.43. The average molecular weight is 358 g/mol. The smallest absolute Gasteiger partial charge is 0.306 e. The quantitative estimate of drug-likeness (QED) is 0.846. The summed E-state index contributed by atoms with van der Waals surface area (Å²) >= 11 is 0. The molecule has 2 aliphatic rings. The van der Waals surface area contributed by atoms with Gasteiger partial charge in [0, 0.05) is 19.0 Å². The molecule has 6 nitrogen and oxygen atoms in total. The molecule has 1 aromatic carbocycles. The summed E-state index contributed by atoms with van der Waals surface area (Å²) in [6.45, 7) is 2.42. The van der Waals surface area contributed by atoms with Crippen LogP contribution < -0.4 is 5.32 Å². The van der Waals surface area contributed by atoms with Crippen molar-refractivity contribution in [1.82, 2.24) is 10.2 Å². The highest BCUT2D eigenvalue weighted by molar-refractivity contribution is 5.89. The Morgan fingerprint density at radius 2 is 1.77 bits per heavy atom. The predicted octanol–water partition coefficient (Wildman–Crippen LogP) is 2.36. The monoisotopic (exact) mass is 358 g/mol.